The van der Waals surface area contributed by atoms with E-state index in [1.807, 2.05) is 0 Å². The van der Waals surface area contributed by atoms with Gasteiger partial charge in [-0.2, -0.15) is 17.7 Å². The Morgan fingerprint density at radius 2 is 2.22 bits per heavy atom. The van der Waals surface area contributed by atoms with Crippen LogP contribution in [0, 0.1) is 15.5 Å². The summed E-state index contributed by atoms with van der Waals surface area (Å²) >= 11 is 4.31. The van der Waals surface area contributed by atoms with Crippen LogP contribution in [0.5, 0.6) is 0 Å². The average Bonchev–Trinajstić information content (AvgIpc) is 2.71. The summed E-state index contributed by atoms with van der Waals surface area (Å²) in [6.07, 6.45) is 1.73. The Morgan fingerprint density at radius 3 is 2.83 bits per heavy atom. The summed E-state index contributed by atoms with van der Waals surface area (Å²) in [6, 6.07) is 4.79. The number of nitro benzene ring substituents is 1. The minimum atomic E-state index is -0.388. The maximum absolute atomic E-state index is 10.8. The molecule has 0 fully saturated rings. The van der Waals surface area contributed by atoms with Crippen molar-refractivity contribution in [3.05, 3.63) is 34.5 Å². The summed E-state index contributed by atoms with van der Waals surface area (Å²) in [4.78, 5) is 10.4. The van der Waals surface area contributed by atoms with E-state index in [2.05, 4.69) is 31.6 Å². The van der Waals surface area contributed by atoms with Gasteiger partial charge in [-0.25, -0.2) is 0 Å². The second-order valence-corrected chi connectivity index (χ2v) is 5.44. The second-order valence-electron chi connectivity index (χ2n) is 5.12. The first kappa shape index (κ1) is 12.9. The van der Waals surface area contributed by atoms with Gasteiger partial charge in [0.15, 0.2) is 0 Å². The predicted molar refractivity (Wildman–Crippen MR) is 74.0 cm³/mol. The molecule has 18 heavy (non-hydrogen) atoms. The highest BCUT2D eigenvalue weighted by Crippen LogP contribution is 2.25. The van der Waals surface area contributed by atoms with Crippen molar-refractivity contribution in [2.75, 3.05) is 5.75 Å². The molecule has 0 saturated carbocycles. The maximum Gasteiger partial charge on any atom is 0.271 e. The van der Waals surface area contributed by atoms with Crippen LogP contribution in [0.2, 0.25) is 0 Å². The lowest BCUT2D eigenvalue weighted by Crippen LogP contribution is -2.22. The van der Waals surface area contributed by atoms with Crippen LogP contribution in [-0.4, -0.2) is 20.5 Å². The number of rotatable bonds is 4. The molecule has 5 nitrogen and oxygen atoms in total. The molecular weight excluding hydrogens is 250 g/mol. The van der Waals surface area contributed by atoms with Gasteiger partial charge in [0.1, 0.15) is 0 Å². The van der Waals surface area contributed by atoms with Gasteiger partial charge in [-0.1, -0.05) is 13.8 Å². The van der Waals surface area contributed by atoms with Crippen molar-refractivity contribution in [1.29, 1.82) is 0 Å². The topological polar surface area (TPSA) is 61.0 Å². The van der Waals surface area contributed by atoms with Gasteiger partial charge in [0.2, 0.25) is 0 Å². The number of hydrogen-bond donors (Lipinski definition) is 1. The Bertz CT molecular complexity index is 592. The summed E-state index contributed by atoms with van der Waals surface area (Å²) in [5.74, 6) is 0.725. The van der Waals surface area contributed by atoms with Crippen LogP contribution >= 0.6 is 12.6 Å². The highest BCUT2D eigenvalue weighted by molar-refractivity contribution is 7.80. The van der Waals surface area contributed by atoms with E-state index >= 15 is 0 Å². The molecule has 0 aliphatic heterocycles. The Morgan fingerprint density at radius 1 is 1.50 bits per heavy atom. The van der Waals surface area contributed by atoms with E-state index in [-0.39, 0.29) is 16.0 Å². The Balaban J connectivity index is 2.45. The molecule has 0 saturated heterocycles. The monoisotopic (exact) mass is 265 g/mol. The smallest absolute Gasteiger partial charge is 0.264 e. The lowest BCUT2D eigenvalue weighted by atomic mass is 9.96. The molecular formula is C12H15N3O2S. The zero-order valence-electron chi connectivity index (χ0n) is 10.3. The summed E-state index contributed by atoms with van der Waals surface area (Å²) < 4.78 is 1.80. The van der Waals surface area contributed by atoms with Gasteiger partial charge in [0, 0.05) is 24.1 Å². The van der Waals surface area contributed by atoms with Gasteiger partial charge in [-0.3, -0.25) is 14.8 Å². The fraction of sp³-hybridized carbons (Fsp3) is 0.417. The summed E-state index contributed by atoms with van der Waals surface area (Å²) in [5, 5.41) is 16.0. The van der Waals surface area contributed by atoms with Crippen molar-refractivity contribution in [2.45, 2.75) is 20.4 Å². The van der Waals surface area contributed by atoms with Crippen LogP contribution in [0.15, 0.2) is 24.4 Å². The van der Waals surface area contributed by atoms with Crippen LogP contribution in [0.1, 0.15) is 13.8 Å². The largest absolute Gasteiger partial charge is 0.271 e. The van der Waals surface area contributed by atoms with Crippen molar-refractivity contribution >= 4 is 29.2 Å². The SMILES string of the molecule is CC(C)(CS)Cn1ncc2ccc([N+](=O)[O-])cc21. The van der Waals surface area contributed by atoms with E-state index in [4.69, 9.17) is 0 Å². The molecule has 1 aromatic carbocycles. The van der Waals surface area contributed by atoms with E-state index in [0.29, 0.717) is 6.54 Å². The fourth-order valence-electron chi connectivity index (χ4n) is 1.75. The van der Waals surface area contributed by atoms with Gasteiger partial charge in [0.25, 0.3) is 5.69 Å². The molecule has 2 aromatic rings. The van der Waals surface area contributed by atoms with Crippen LogP contribution in [0.4, 0.5) is 5.69 Å². The molecule has 0 unspecified atom stereocenters. The first-order chi connectivity index (χ1) is 8.43. The molecule has 0 spiro atoms. The number of nitrogens with zero attached hydrogens (tertiary/aromatic N) is 3. The zero-order chi connectivity index (χ0) is 13.3. The second kappa shape index (κ2) is 4.61. The standard InChI is InChI=1S/C12H15N3O2S/c1-12(2,8-18)7-14-11-5-10(15(16)17)4-3-9(11)6-13-14/h3-6,18H,7-8H2,1-2H3. The third kappa shape index (κ3) is 2.48. The van der Waals surface area contributed by atoms with Crippen molar-refractivity contribution in [2.24, 2.45) is 5.41 Å². The first-order valence-electron chi connectivity index (χ1n) is 5.64. The highest BCUT2D eigenvalue weighted by atomic mass is 32.1. The molecule has 0 aliphatic carbocycles. The molecule has 0 amide bonds. The molecule has 2 rings (SSSR count). The van der Waals surface area contributed by atoms with E-state index in [1.54, 1.807) is 23.0 Å². The summed E-state index contributed by atoms with van der Waals surface area (Å²) in [7, 11) is 0. The molecule has 96 valence electrons. The van der Waals surface area contributed by atoms with Gasteiger partial charge < -0.3 is 0 Å². The lowest BCUT2D eigenvalue weighted by molar-refractivity contribution is -0.384. The van der Waals surface area contributed by atoms with Crippen molar-refractivity contribution in [3.8, 4) is 0 Å². The van der Waals surface area contributed by atoms with Gasteiger partial charge in [-0.05, 0) is 17.2 Å². The Hall–Kier alpha value is -1.56. The summed E-state index contributed by atoms with van der Waals surface area (Å²) in [6.45, 7) is 4.86. The predicted octanol–water partition coefficient (Wildman–Crippen LogP) is 2.90. The highest BCUT2D eigenvalue weighted by Gasteiger charge is 2.19. The third-order valence-corrected chi connectivity index (χ3v) is 3.70. The number of fused-ring (bicyclic) bond motifs is 1. The zero-order valence-corrected chi connectivity index (χ0v) is 11.2. The quantitative estimate of drug-likeness (QED) is 0.525. The number of hydrogen-bond acceptors (Lipinski definition) is 4. The summed E-state index contributed by atoms with van der Waals surface area (Å²) in [5.41, 5.74) is 0.874. The number of aromatic nitrogens is 2. The molecule has 0 atom stereocenters. The van der Waals surface area contributed by atoms with Crippen molar-refractivity contribution in [3.63, 3.8) is 0 Å². The minimum Gasteiger partial charge on any atom is -0.264 e. The van der Waals surface area contributed by atoms with Crippen LogP contribution in [0.25, 0.3) is 10.9 Å². The normalized spacial score (nSPS) is 11.9. The molecule has 0 radical (unpaired) electrons. The fourth-order valence-corrected chi connectivity index (χ4v) is 1.85. The number of non-ortho nitro benzene ring substituents is 1. The maximum atomic E-state index is 10.8. The molecule has 0 bridgehead atoms. The first-order valence-corrected chi connectivity index (χ1v) is 6.27. The number of thiol groups is 1. The Kier molecular flexibility index (Phi) is 3.30. The van der Waals surface area contributed by atoms with E-state index in [1.165, 1.54) is 6.07 Å². The molecule has 1 aromatic heterocycles. The van der Waals surface area contributed by atoms with Crippen LogP contribution in [0.3, 0.4) is 0 Å². The van der Waals surface area contributed by atoms with Crippen molar-refractivity contribution in [1.82, 2.24) is 9.78 Å². The molecule has 0 aliphatic rings. The van der Waals surface area contributed by atoms with E-state index in [9.17, 15) is 10.1 Å². The van der Waals surface area contributed by atoms with Gasteiger partial charge in [-0.15, -0.1) is 0 Å². The lowest BCUT2D eigenvalue weighted by Gasteiger charge is -2.22. The van der Waals surface area contributed by atoms with Crippen LogP contribution < -0.4 is 0 Å². The van der Waals surface area contributed by atoms with Crippen LogP contribution in [-0.2, 0) is 6.54 Å². The molecule has 0 N–H and O–H groups in total. The van der Waals surface area contributed by atoms with Gasteiger partial charge in [0.05, 0.1) is 16.6 Å². The minimum absolute atomic E-state index is 0.00726. The van der Waals surface area contributed by atoms with Gasteiger partial charge >= 0.3 is 0 Å². The van der Waals surface area contributed by atoms with E-state index < -0.39 is 0 Å². The van der Waals surface area contributed by atoms with E-state index in [0.717, 1.165) is 16.7 Å². The third-order valence-electron chi connectivity index (χ3n) is 2.84. The molecule has 1 heterocycles. The molecule has 6 heteroatoms. The average molecular weight is 265 g/mol. The van der Waals surface area contributed by atoms with Crippen molar-refractivity contribution < 1.29 is 4.92 Å². The number of nitro groups is 1. The Labute approximate surface area is 110 Å². The number of benzene rings is 1.